The van der Waals surface area contributed by atoms with Gasteiger partial charge in [-0.05, 0) is 37.5 Å². The van der Waals surface area contributed by atoms with E-state index in [2.05, 4.69) is 39.9 Å². The number of carbonyl (C=O) groups excluding carboxylic acids is 1. The predicted octanol–water partition coefficient (Wildman–Crippen LogP) is 3.47. The van der Waals surface area contributed by atoms with Crippen LogP contribution in [0, 0.1) is 17.3 Å². The minimum atomic E-state index is -0.00904. The average molecular weight is 282 g/mol. The van der Waals surface area contributed by atoms with E-state index >= 15 is 0 Å². The van der Waals surface area contributed by atoms with Crippen LogP contribution in [0.15, 0.2) is 0 Å². The molecule has 0 spiro atoms. The molecule has 118 valence electrons. The molecule has 0 bridgehead atoms. The molecule has 1 amide bonds. The lowest BCUT2D eigenvalue weighted by molar-refractivity contribution is -0.133. The number of unbranched alkanes of at least 4 members (excludes halogenated alkanes) is 2. The van der Waals surface area contributed by atoms with Gasteiger partial charge in [-0.25, -0.2) is 0 Å². The molecule has 20 heavy (non-hydrogen) atoms. The first kappa shape index (κ1) is 17.5. The van der Waals surface area contributed by atoms with E-state index < -0.39 is 0 Å². The molecule has 1 fully saturated rings. The molecule has 3 nitrogen and oxygen atoms in total. The van der Waals surface area contributed by atoms with Crippen LogP contribution in [0.3, 0.4) is 0 Å². The van der Waals surface area contributed by atoms with Gasteiger partial charge < -0.3 is 11.1 Å². The smallest absolute Gasteiger partial charge is 0.223 e. The van der Waals surface area contributed by atoms with Crippen molar-refractivity contribution < 1.29 is 4.79 Å². The minimum Gasteiger partial charge on any atom is -0.353 e. The van der Waals surface area contributed by atoms with Gasteiger partial charge in [-0.15, -0.1) is 0 Å². The summed E-state index contributed by atoms with van der Waals surface area (Å²) in [5, 5.41) is 3.22. The maximum atomic E-state index is 12.6. The van der Waals surface area contributed by atoms with Crippen LogP contribution in [-0.2, 0) is 4.79 Å². The van der Waals surface area contributed by atoms with E-state index in [0.717, 1.165) is 19.3 Å². The van der Waals surface area contributed by atoms with E-state index in [4.69, 9.17) is 5.73 Å². The molecule has 0 aromatic rings. The molecule has 0 radical (unpaired) electrons. The molecule has 1 aliphatic rings. The lowest BCUT2D eigenvalue weighted by Crippen LogP contribution is -2.52. The van der Waals surface area contributed by atoms with Gasteiger partial charge in [0.2, 0.25) is 5.91 Å². The molecular formula is C17H34N2O. The number of amides is 1. The second kappa shape index (κ2) is 7.44. The van der Waals surface area contributed by atoms with E-state index in [9.17, 15) is 4.79 Å². The van der Waals surface area contributed by atoms with Gasteiger partial charge in [0.15, 0.2) is 0 Å². The fourth-order valence-corrected chi connectivity index (χ4v) is 3.44. The minimum absolute atomic E-state index is 0.00904. The third-order valence-corrected chi connectivity index (χ3v) is 5.45. The molecule has 0 saturated heterocycles. The summed E-state index contributed by atoms with van der Waals surface area (Å²) in [6, 6.07) is 0.520. The van der Waals surface area contributed by atoms with Gasteiger partial charge in [0.05, 0.1) is 0 Å². The monoisotopic (exact) mass is 282 g/mol. The first-order valence-electron chi connectivity index (χ1n) is 8.36. The zero-order chi connectivity index (χ0) is 15.3. The van der Waals surface area contributed by atoms with E-state index in [-0.39, 0.29) is 29.3 Å². The van der Waals surface area contributed by atoms with Crippen molar-refractivity contribution in [1.29, 1.82) is 0 Å². The Morgan fingerprint density at radius 2 is 2.00 bits per heavy atom. The van der Waals surface area contributed by atoms with Gasteiger partial charge >= 0.3 is 0 Å². The third kappa shape index (κ3) is 4.21. The van der Waals surface area contributed by atoms with Gasteiger partial charge in [-0.2, -0.15) is 0 Å². The lowest BCUT2D eigenvalue weighted by atomic mass is 9.61. The Balaban J connectivity index is 2.54. The highest BCUT2D eigenvalue weighted by atomic mass is 16.2. The van der Waals surface area contributed by atoms with Gasteiger partial charge in [-0.1, -0.05) is 47.0 Å². The summed E-state index contributed by atoms with van der Waals surface area (Å²) in [7, 11) is 0. The molecule has 1 saturated carbocycles. The third-order valence-electron chi connectivity index (χ3n) is 5.45. The van der Waals surface area contributed by atoms with Crippen molar-refractivity contribution in [2.24, 2.45) is 23.0 Å². The Kier molecular flexibility index (Phi) is 6.50. The number of rotatable bonds is 6. The first-order valence-corrected chi connectivity index (χ1v) is 8.36. The van der Waals surface area contributed by atoms with Crippen LogP contribution in [0.1, 0.15) is 73.1 Å². The van der Waals surface area contributed by atoms with Crippen molar-refractivity contribution in [3.63, 3.8) is 0 Å². The van der Waals surface area contributed by atoms with Crippen molar-refractivity contribution in [1.82, 2.24) is 5.32 Å². The highest BCUT2D eigenvalue weighted by molar-refractivity contribution is 5.79. The number of hydrogen-bond donors (Lipinski definition) is 2. The van der Waals surface area contributed by atoms with Gasteiger partial charge in [0.25, 0.3) is 0 Å². The molecule has 1 aliphatic carbocycles. The second-order valence-electron chi connectivity index (χ2n) is 7.31. The summed E-state index contributed by atoms with van der Waals surface area (Å²) in [5.41, 5.74) is 6.16. The van der Waals surface area contributed by atoms with Gasteiger partial charge in [0.1, 0.15) is 0 Å². The van der Waals surface area contributed by atoms with E-state index in [1.54, 1.807) is 0 Å². The van der Waals surface area contributed by atoms with Gasteiger partial charge in [0, 0.05) is 18.0 Å². The first-order chi connectivity index (χ1) is 9.30. The van der Waals surface area contributed by atoms with Crippen LogP contribution in [-0.4, -0.2) is 18.0 Å². The molecule has 0 aromatic carbocycles. The second-order valence-corrected chi connectivity index (χ2v) is 7.31. The van der Waals surface area contributed by atoms with Crippen LogP contribution in [0.2, 0.25) is 0 Å². The number of nitrogens with one attached hydrogen (secondary N) is 1. The Hall–Kier alpha value is -0.570. The summed E-state index contributed by atoms with van der Waals surface area (Å²) in [6.07, 6.45) is 6.65. The molecular weight excluding hydrogens is 248 g/mol. The summed E-state index contributed by atoms with van der Waals surface area (Å²) < 4.78 is 0. The SMILES string of the molecule is CCCCCC(C)NC(=O)C1CCC(N)C(C)C1(C)C. The normalized spacial score (nSPS) is 30.8. The van der Waals surface area contributed by atoms with Crippen molar-refractivity contribution in [3.8, 4) is 0 Å². The van der Waals surface area contributed by atoms with Crippen LogP contribution in [0.4, 0.5) is 0 Å². The molecule has 4 unspecified atom stereocenters. The van der Waals surface area contributed by atoms with E-state index in [1.807, 2.05) is 0 Å². The van der Waals surface area contributed by atoms with Crippen LogP contribution in [0.5, 0.6) is 0 Å². The molecule has 0 heterocycles. The lowest BCUT2D eigenvalue weighted by Gasteiger charge is -2.46. The average Bonchev–Trinajstić information content (AvgIpc) is 2.36. The summed E-state index contributed by atoms with van der Waals surface area (Å²) in [4.78, 5) is 12.6. The van der Waals surface area contributed by atoms with E-state index in [1.165, 1.54) is 19.3 Å². The number of carbonyl (C=O) groups is 1. The van der Waals surface area contributed by atoms with Crippen LogP contribution in [0.25, 0.3) is 0 Å². The number of nitrogens with two attached hydrogens (primary N) is 1. The molecule has 3 N–H and O–H groups in total. The summed E-state index contributed by atoms with van der Waals surface area (Å²) in [6.45, 7) is 10.9. The zero-order valence-corrected chi connectivity index (χ0v) is 14.0. The predicted molar refractivity (Wildman–Crippen MR) is 85.4 cm³/mol. The largest absolute Gasteiger partial charge is 0.353 e. The van der Waals surface area contributed by atoms with Crippen molar-refractivity contribution in [2.75, 3.05) is 0 Å². The Morgan fingerprint density at radius 3 is 2.60 bits per heavy atom. The summed E-state index contributed by atoms with van der Waals surface area (Å²) in [5.74, 6) is 0.728. The zero-order valence-electron chi connectivity index (χ0n) is 14.0. The van der Waals surface area contributed by atoms with Gasteiger partial charge in [-0.3, -0.25) is 4.79 Å². The molecule has 0 aliphatic heterocycles. The molecule has 3 heteroatoms. The molecule has 1 rings (SSSR count). The maximum Gasteiger partial charge on any atom is 0.223 e. The van der Waals surface area contributed by atoms with Crippen LogP contribution >= 0.6 is 0 Å². The topological polar surface area (TPSA) is 55.1 Å². The van der Waals surface area contributed by atoms with Crippen LogP contribution < -0.4 is 11.1 Å². The molecule has 0 aromatic heterocycles. The Labute approximate surface area is 125 Å². The maximum absolute atomic E-state index is 12.6. The fourth-order valence-electron chi connectivity index (χ4n) is 3.44. The molecule has 4 atom stereocenters. The van der Waals surface area contributed by atoms with E-state index in [0.29, 0.717) is 5.92 Å². The Morgan fingerprint density at radius 1 is 1.35 bits per heavy atom. The highest BCUT2D eigenvalue weighted by Gasteiger charge is 2.45. The van der Waals surface area contributed by atoms with Crippen molar-refractivity contribution in [3.05, 3.63) is 0 Å². The Bertz CT molecular complexity index is 314. The fraction of sp³-hybridized carbons (Fsp3) is 0.941. The van der Waals surface area contributed by atoms with Crippen molar-refractivity contribution >= 4 is 5.91 Å². The highest BCUT2D eigenvalue weighted by Crippen LogP contribution is 2.44. The summed E-state index contributed by atoms with van der Waals surface area (Å²) >= 11 is 0. The standard InChI is InChI=1S/C17H34N2O/c1-6-7-8-9-12(2)19-16(20)14-10-11-15(18)13(3)17(14,4)5/h12-15H,6-11,18H2,1-5H3,(H,19,20). The van der Waals surface area contributed by atoms with Crippen molar-refractivity contribution in [2.45, 2.75) is 85.2 Å². The number of hydrogen-bond acceptors (Lipinski definition) is 2. The quantitative estimate of drug-likeness (QED) is 0.733.